The number of ether oxygens (including phenoxy) is 1. The van der Waals surface area contributed by atoms with Crippen molar-refractivity contribution in [2.75, 3.05) is 12.4 Å². The maximum atomic E-state index is 9.85. The Morgan fingerprint density at radius 3 is 2.90 bits per heavy atom. The Morgan fingerprint density at radius 2 is 2.25 bits per heavy atom. The quantitative estimate of drug-likeness (QED) is 0.815. The molecule has 108 valence electrons. The van der Waals surface area contributed by atoms with Gasteiger partial charge in [0, 0.05) is 17.8 Å². The van der Waals surface area contributed by atoms with Crippen LogP contribution in [0.5, 0.6) is 5.75 Å². The number of benzene rings is 1. The van der Waals surface area contributed by atoms with Gasteiger partial charge in [0.25, 0.3) is 0 Å². The van der Waals surface area contributed by atoms with Crippen LogP contribution >= 0.6 is 35.0 Å². The fourth-order valence-electron chi connectivity index (χ4n) is 1.34. The highest BCUT2D eigenvalue weighted by Gasteiger charge is 2.11. The van der Waals surface area contributed by atoms with E-state index in [0.717, 1.165) is 0 Å². The van der Waals surface area contributed by atoms with Gasteiger partial charge in [0.2, 0.25) is 5.16 Å². The lowest BCUT2D eigenvalue weighted by molar-refractivity contribution is 0.126. The Bertz CT molecular complexity index is 581. The van der Waals surface area contributed by atoms with Crippen molar-refractivity contribution in [1.82, 2.24) is 20.2 Å². The molecule has 6 nitrogen and oxygen atoms in total. The molecule has 0 spiro atoms. The summed E-state index contributed by atoms with van der Waals surface area (Å²) in [6, 6.07) is 4.93. The van der Waals surface area contributed by atoms with Gasteiger partial charge in [-0.2, -0.15) is 0 Å². The lowest BCUT2D eigenvalue weighted by atomic mass is 10.3. The van der Waals surface area contributed by atoms with E-state index in [9.17, 15) is 5.11 Å². The molecule has 1 aromatic heterocycles. The summed E-state index contributed by atoms with van der Waals surface area (Å²) >= 11 is 13.1. The minimum atomic E-state index is -0.663. The topological polar surface area (TPSA) is 73.1 Å². The second kappa shape index (κ2) is 7.12. The predicted octanol–water partition coefficient (Wildman–Crippen LogP) is 2.05. The van der Waals surface area contributed by atoms with Crippen molar-refractivity contribution < 1.29 is 9.84 Å². The molecule has 1 aromatic carbocycles. The van der Waals surface area contributed by atoms with Gasteiger partial charge in [-0.25, -0.2) is 4.68 Å². The Morgan fingerprint density at radius 1 is 1.45 bits per heavy atom. The molecule has 0 saturated heterocycles. The van der Waals surface area contributed by atoms with Crippen LogP contribution in [-0.2, 0) is 7.05 Å². The summed E-state index contributed by atoms with van der Waals surface area (Å²) in [6.07, 6.45) is -0.663. The summed E-state index contributed by atoms with van der Waals surface area (Å²) in [6.45, 7) is 0.125. The molecular formula is C11H12Cl2N4O2S. The number of aliphatic hydroxyl groups excluding tert-OH is 1. The summed E-state index contributed by atoms with van der Waals surface area (Å²) in [5.74, 6) is 0.903. The number of tetrazole rings is 1. The van der Waals surface area contributed by atoms with Crippen LogP contribution in [0.1, 0.15) is 0 Å². The number of thioether (sulfide) groups is 1. The van der Waals surface area contributed by atoms with E-state index in [1.807, 2.05) is 0 Å². The van der Waals surface area contributed by atoms with Gasteiger partial charge in [0.1, 0.15) is 12.4 Å². The molecule has 0 aliphatic carbocycles. The van der Waals surface area contributed by atoms with Crippen LogP contribution in [0.2, 0.25) is 10.0 Å². The summed E-state index contributed by atoms with van der Waals surface area (Å²) in [5, 5.41) is 22.5. The number of nitrogens with zero attached hydrogens (tertiary/aromatic N) is 4. The zero-order chi connectivity index (χ0) is 14.5. The molecule has 9 heteroatoms. The number of aryl methyl sites for hydroxylation is 1. The number of aromatic nitrogens is 4. The first-order valence-corrected chi connectivity index (χ1v) is 7.41. The molecule has 0 fully saturated rings. The number of aliphatic hydroxyl groups is 1. The molecule has 0 amide bonds. The highest BCUT2D eigenvalue weighted by Crippen LogP contribution is 2.27. The van der Waals surface area contributed by atoms with E-state index in [0.29, 0.717) is 26.7 Å². The highest BCUT2D eigenvalue weighted by molar-refractivity contribution is 7.99. The fraction of sp³-hybridized carbons (Fsp3) is 0.364. The molecule has 1 heterocycles. The standard InChI is InChI=1S/C11H12Cl2N4O2S/c1-17-11(14-15-16-17)20-6-8(18)5-19-10-3-2-7(12)4-9(10)13/h2-4,8,18H,5-6H2,1H3. The van der Waals surface area contributed by atoms with Gasteiger partial charge in [-0.1, -0.05) is 35.0 Å². The van der Waals surface area contributed by atoms with Crippen molar-refractivity contribution in [3.8, 4) is 5.75 Å². The SMILES string of the molecule is Cn1nnnc1SCC(O)COc1ccc(Cl)cc1Cl. The van der Waals surface area contributed by atoms with E-state index >= 15 is 0 Å². The molecule has 0 bridgehead atoms. The summed E-state index contributed by atoms with van der Waals surface area (Å²) in [4.78, 5) is 0. The maximum Gasteiger partial charge on any atom is 0.209 e. The van der Waals surface area contributed by atoms with Crippen LogP contribution in [0.25, 0.3) is 0 Å². The van der Waals surface area contributed by atoms with Crippen molar-refractivity contribution in [3.63, 3.8) is 0 Å². The van der Waals surface area contributed by atoms with Crippen molar-refractivity contribution in [3.05, 3.63) is 28.2 Å². The largest absolute Gasteiger partial charge is 0.489 e. The molecule has 1 unspecified atom stereocenters. The number of halogens is 2. The van der Waals surface area contributed by atoms with Gasteiger partial charge >= 0.3 is 0 Å². The third kappa shape index (κ3) is 4.24. The second-order valence-electron chi connectivity index (χ2n) is 3.94. The highest BCUT2D eigenvalue weighted by atomic mass is 35.5. The molecule has 1 atom stereocenters. The van der Waals surface area contributed by atoms with Crippen LogP contribution in [0, 0.1) is 0 Å². The zero-order valence-corrected chi connectivity index (χ0v) is 12.9. The molecule has 2 aromatic rings. The molecule has 0 aliphatic heterocycles. The monoisotopic (exact) mass is 334 g/mol. The van der Waals surface area contributed by atoms with E-state index in [4.69, 9.17) is 27.9 Å². The Kier molecular flexibility index (Phi) is 5.47. The molecule has 0 aliphatic rings. The van der Waals surface area contributed by atoms with Crippen molar-refractivity contribution >= 4 is 35.0 Å². The first-order valence-electron chi connectivity index (χ1n) is 5.67. The second-order valence-corrected chi connectivity index (χ2v) is 5.77. The van der Waals surface area contributed by atoms with E-state index < -0.39 is 6.10 Å². The van der Waals surface area contributed by atoms with Crippen LogP contribution in [0.4, 0.5) is 0 Å². The molecule has 2 rings (SSSR count). The molecular weight excluding hydrogens is 323 g/mol. The van der Waals surface area contributed by atoms with E-state index in [1.54, 1.807) is 25.2 Å². The Labute approximate surface area is 130 Å². The summed E-state index contributed by atoms with van der Waals surface area (Å²) in [5.41, 5.74) is 0. The third-order valence-corrected chi connectivity index (χ3v) is 4.00. The van der Waals surface area contributed by atoms with E-state index in [1.165, 1.54) is 16.4 Å². The van der Waals surface area contributed by atoms with Crippen molar-refractivity contribution in [2.45, 2.75) is 11.3 Å². The Hall–Kier alpha value is -1.02. The van der Waals surface area contributed by atoms with Gasteiger partial charge in [-0.05, 0) is 28.6 Å². The normalized spacial score (nSPS) is 12.4. The minimum absolute atomic E-state index is 0.125. The van der Waals surface area contributed by atoms with Crippen LogP contribution in [-0.4, -0.2) is 43.8 Å². The van der Waals surface area contributed by atoms with E-state index in [-0.39, 0.29) is 6.61 Å². The number of hydrogen-bond acceptors (Lipinski definition) is 6. The van der Waals surface area contributed by atoms with Gasteiger partial charge < -0.3 is 9.84 Å². The summed E-state index contributed by atoms with van der Waals surface area (Å²) < 4.78 is 6.98. The fourth-order valence-corrected chi connectivity index (χ4v) is 2.56. The zero-order valence-electron chi connectivity index (χ0n) is 10.5. The average Bonchev–Trinajstić information content (AvgIpc) is 2.81. The van der Waals surface area contributed by atoms with Crippen LogP contribution < -0.4 is 4.74 Å². The van der Waals surface area contributed by atoms with Crippen molar-refractivity contribution in [2.24, 2.45) is 7.05 Å². The first kappa shape index (κ1) is 15.4. The lowest BCUT2D eigenvalue weighted by Crippen LogP contribution is -2.20. The average molecular weight is 335 g/mol. The number of hydrogen-bond donors (Lipinski definition) is 1. The molecule has 20 heavy (non-hydrogen) atoms. The smallest absolute Gasteiger partial charge is 0.209 e. The third-order valence-electron chi connectivity index (χ3n) is 2.31. The van der Waals surface area contributed by atoms with Gasteiger partial charge in [0.15, 0.2) is 0 Å². The van der Waals surface area contributed by atoms with Gasteiger partial charge in [0.05, 0.1) is 11.1 Å². The first-order chi connectivity index (χ1) is 9.56. The lowest BCUT2D eigenvalue weighted by Gasteiger charge is -2.12. The van der Waals surface area contributed by atoms with E-state index in [2.05, 4.69) is 15.5 Å². The number of rotatable bonds is 6. The molecule has 0 saturated carbocycles. The molecule has 1 N–H and O–H groups in total. The van der Waals surface area contributed by atoms with Crippen LogP contribution in [0.3, 0.4) is 0 Å². The molecule has 0 radical (unpaired) electrons. The predicted molar refractivity (Wildman–Crippen MR) is 77.5 cm³/mol. The minimum Gasteiger partial charge on any atom is -0.489 e. The van der Waals surface area contributed by atoms with Crippen LogP contribution in [0.15, 0.2) is 23.4 Å². The maximum absolute atomic E-state index is 9.85. The van der Waals surface area contributed by atoms with Gasteiger partial charge in [-0.3, -0.25) is 0 Å². The Balaban J connectivity index is 1.80. The van der Waals surface area contributed by atoms with Crippen molar-refractivity contribution in [1.29, 1.82) is 0 Å². The summed E-state index contributed by atoms with van der Waals surface area (Å²) in [7, 11) is 1.73. The van der Waals surface area contributed by atoms with Gasteiger partial charge in [-0.15, -0.1) is 5.10 Å².